The zero-order valence-electron chi connectivity index (χ0n) is 12.9. The molecule has 0 heterocycles. The summed E-state index contributed by atoms with van der Waals surface area (Å²) in [6, 6.07) is 7.13. The highest BCUT2D eigenvalue weighted by atomic mass is 32.2. The first kappa shape index (κ1) is 16.5. The van der Waals surface area contributed by atoms with E-state index in [2.05, 4.69) is 23.9 Å². The van der Waals surface area contributed by atoms with Gasteiger partial charge in [-0.2, -0.15) is 0 Å². The van der Waals surface area contributed by atoms with Crippen molar-refractivity contribution in [2.24, 2.45) is 11.8 Å². The van der Waals surface area contributed by atoms with Crippen LogP contribution < -0.4 is 10.0 Å². The summed E-state index contributed by atoms with van der Waals surface area (Å²) in [5.41, 5.74) is 1.11. The maximum absolute atomic E-state index is 12.2. The number of nitrogens with one attached hydrogen (secondary N) is 2. The third kappa shape index (κ3) is 5.09. The second kappa shape index (κ2) is 7.38. The van der Waals surface area contributed by atoms with Gasteiger partial charge in [0.25, 0.3) is 0 Å². The van der Waals surface area contributed by atoms with Crippen molar-refractivity contribution in [3.8, 4) is 0 Å². The molecular weight excluding hydrogens is 284 g/mol. The molecule has 0 aliphatic heterocycles. The quantitative estimate of drug-likeness (QED) is 0.689. The zero-order valence-corrected chi connectivity index (χ0v) is 13.7. The maximum atomic E-state index is 12.2. The third-order valence-corrected chi connectivity index (χ3v) is 5.45. The van der Waals surface area contributed by atoms with Gasteiger partial charge in [-0.05, 0) is 55.3 Å². The molecule has 0 aromatic heterocycles. The Bertz CT molecular complexity index is 536. The van der Waals surface area contributed by atoms with Crippen molar-refractivity contribution < 1.29 is 8.42 Å². The largest absolute Gasteiger partial charge is 0.313 e. The molecule has 1 aromatic carbocycles. The van der Waals surface area contributed by atoms with Crippen molar-refractivity contribution in [2.75, 3.05) is 13.1 Å². The highest BCUT2D eigenvalue weighted by Gasteiger charge is 2.28. The van der Waals surface area contributed by atoms with Gasteiger partial charge in [-0.3, -0.25) is 0 Å². The van der Waals surface area contributed by atoms with Crippen LogP contribution in [0, 0.1) is 11.8 Å². The molecule has 1 aliphatic rings. The fourth-order valence-electron chi connectivity index (χ4n) is 2.35. The monoisotopic (exact) mass is 310 g/mol. The normalized spacial score (nSPS) is 16.9. The molecule has 118 valence electrons. The summed E-state index contributed by atoms with van der Waals surface area (Å²) in [5.74, 6) is 1.14. The van der Waals surface area contributed by atoms with E-state index >= 15 is 0 Å². The summed E-state index contributed by atoms with van der Waals surface area (Å²) in [6.45, 7) is 6.52. The van der Waals surface area contributed by atoms with Crippen LogP contribution in [-0.4, -0.2) is 21.5 Å². The van der Waals surface area contributed by atoms with E-state index in [9.17, 15) is 8.42 Å². The Balaban J connectivity index is 1.89. The second-order valence-electron chi connectivity index (χ2n) is 5.99. The average molecular weight is 310 g/mol. The van der Waals surface area contributed by atoms with E-state index in [1.165, 1.54) is 12.8 Å². The lowest BCUT2D eigenvalue weighted by molar-refractivity contribution is 0.492. The molecule has 0 amide bonds. The topological polar surface area (TPSA) is 58.2 Å². The molecule has 1 aromatic rings. The Hall–Kier alpha value is -0.910. The predicted molar refractivity (Wildman–Crippen MR) is 85.5 cm³/mol. The highest BCUT2D eigenvalue weighted by molar-refractivity contribution is 7.89. The van der Waals surface area contributed by atoms with Gasteiger partial charge < -0.3 is 5.32 Å². The maximum Gasteiger partial charge on any atom is 0.240 e. The van der Waals surface area contributed by atoms with Gasteiger partial charge in [-0.25, -0.2) is 13.1 Å². The summed E-state index contributed by atoms with van der Waals surface area (Å²) < 4.78 is 27.2. The Labute approximate surface area is 128 Å². The van der Waals surface area contributed by atoms with Crippen LogP contribution in [0.15, 0.2) is 29.2 Å². The number of sulfonamides is 1. The Morgan fingerprint density at radius 1 is 1.24 bits per heavy atom. The minimum atomic E-state index is -3.37. The minimum Gasteiger partial charge on any atom is -0.313 e. The molecule has 0 bridgehead atoms. The summed E-state index contributed by atoms with van der Waals surface area (Å²) in [7, 11) is -3.37. The van der Waals surface area contributed by atoms with E-state index in [4.69, 9.17) is 0 Å². The van der Waals surface area contributed by atoms with E-state index in [1.54, 1.807) is 12.1 Å². The molecule has 5 heteroatoms. The number of hydrogen-bond donors (Lipinski definition) is 2. The first-order chi connectivity index (χ1) is 10.0. The second-order valence-corrected chi connectivity index (χ2v) is 7.75. The molecule has 1 atom stereocenters. The van der Waals surface area contributed by atoms with Crippen molar-refractivity contribution in [1.82, 2.24) is 10.0 Å². The van der Waals surface area contributed by atoms with Crippen LogP contribution >= 0.6 is 0 Å². The van der Waals surface area contributed by atoms with Crippen molar-refractivity contribution in [3.63, 3.8) is 0 Å². The fraction of sp³-hybridized carbons (Fsp3) is 0.625. The predicted octanol–water partition coefficient (Wildman–Crippen LogP) is 2.51. The molecule has 1 fully saturated rings. The Kier molecular flexibility index (Phi) is 5.79. The SMILES string of the molecule is CCCNCc1ccc(S(=O)(=O)NCC(C)C2CC2)cc1. The molecular formula is C16H26N2O2S. The first-order valence-electron chi connectivity index (χ1n) is 7.82. The molecule has 0 radical (unpaired) electrons. The molecule has 1 unspecified atom stereocenters. The zero-order chi connectivity index (χ0) is 15.3. The van der Waals surface area contributed by atoms with Crippen molar-refractivity contribution in [2.45, 2.75) is 44.6 Å². The van der Waals surface area contributed by atoms with Crippen molar-refractivity contribution >= 4 is 10.0 Å². The van der Waals surface area contributed by atoms with Gasteiger partial charge in [0.1, 0.15) is 0 Å². The fourth-order valence-corrected chi connectivity index (χ4v) is 3.50. The molecule has 2 N–H and O–H groups in total. The van der Waals surface area contributed by atoms with Crippen molar-refractivity contribution in [1.29, 1.82) is 0 Å². The average Bonchev–Trinajstić information content (AvgIpc) is 3.30. The lowest BCUT2D eigenvalue weighted by Gasteiger charge is -2.12. The first-order valence-corrected chi connectivity index (χ1v) is 9.30. The summed E-state index contributed by atoms with van der Waals surface area (Å²) >= 11 is 0. The van der Waals surface area contributed by atoms with Gasteiger partial charge in [0.15, 0.2) is 0 Å². The van der Waals surface area contributed by atoms with Crippen LogP contribution in [0.3, 0.4) is 0 Å². The van der Waals surface area contributed by atoms with Crippen LogP contribution in [0.2, 0.25) is 0 Å². The van der Waals surface area contributed by atoms with E-state index in [-0.39, 0.29) is 0 Å². The molecule has 2 rings (SSSR count). The Morgan fingerprint density at radius 3 is 2.48 bits per heavy atom. The van der Waals surface area contributed by atoms with E-state index < -0.39 is 10.0 Å². The van der Waals surface area contributed by atoms with E-state index in [0.29, 0.717) is 23.3 Å². The molecule has 0 spiro atoms. The molecule has 1 saturated carbocycles. The highest BCUT2D eigenvalue weighted by Crippen LogP contribution is 2.36. The Morgan fingerprint density at radius 2 is 1.90 bits per heavy atom. The van der Waals surface area contributed by atoms with Gasteiger partial charge in [-0.15, -0.1) is 0 Å². The molecule has 0 saturated heterocycles. The third-order valence-electron chi connectivity index (χ3n) is 4.01. The van der Waals surface area contributed by atoms with Crippen LogP contribution in [0.1, 0.15) is 38.7 Å². The number of rotatable bonds is 9. The summed E-state index contributed by atoms with van der Waals surface area (Å²) in [6.07, 6.45) is 3.57. The number of hydrogen-bond acceptors (Lipinski definition) is 3. The summed E-state index contributed by atoms with van der Waals surface area (Å²) in [4.78, 5) is 0.352. The smallest absolute Gasteiger partial charge is 0.240 e. The van der Waals surface area contributed by atoms with E-state index in [1.807, 2.05) is 12.1 Å². The lowest BCUT2D eigenvalue weighted by Crippen LogP contribution is -2.29. The van der Waals surface area contributed by atoms with Gasteiger partial charge in [0.05, 0.1) is 4.90 Å². The molecule has 4 nitrogen and oxygen atoms in total. The van der Waals surface area contributed by atoms with Gasteiger partial charge >= 0.3 is 0 Å². The van der Waals surface area contributed by atoms with Crippen LogP contribution in [-0.2, 0) is 16.6 Å². The minimum absolute atomic E-state index is 0.352. The summed E-state index contributed by atoms with van der Waals surface area (Å²) in [5, 5.41) is 3.30. The standard InChI is InChI=1S/C16H26N2O2S/c1-3-10-17-12-14-4-8-16(9-5-14)21(19,20)18-11-13(2)15-6-7-15/h4-5,8-9,13,15,17-18H,3,6-7,10-12H2,1-2H3. The molecule has 1 aliphatic carbocycles. The number of benzene rings is 1. The van der Waals surface area contributed by atoms with Gasteiger partial charge in [0, 0.05) is 13.1 Å². The van der Waals surface area contributed by atoms with Crippen molar-refractivity contribution in [3.05, 3.63) is 29.8 Å². The van der Waals surface area contributed by atoms with Crippen LogP contribution in [0.4, 0.5) is 0 Å². The van der Waals surface area contributed by atoms with Gasteiger partial charge in [0.2, 0.25) is 10.0 Å². The lowest BCUT2D eigenvalue weighted by atomic mass is 10.1. The van der Waals surface area contributed by atoms with Gasteiger partial charge in [-0.1, -0.05) is 26.0 Å². The molecule has 21 heavy (non-hydrogen) atoms. The van der Waals surface area contributed by atoms with E-state index in [0.717, 1.165) is 25.1 Å². The van der Waals surface area contributed by atoms with Crippen LogP contribution in [0.25, 0.3) is 0 Å². The van der Waals surface area contributed by atoms with Crippen LogP contribution in [0.5, 0.6) is 0 Å².